The Hall–Kier alpha value is -1.20. The number of halogens is 2. The fraction of sp³-hybridized carbons (Fsp3) is 0.182. The number of hydrogen-bond acceptors (Lipinski definition) is 3. The van der Waals surface area contributed by atoms with Gasteiger partial charge >= 0.3 is 0 Å². The van der Waals surface area contributed by atoms with Crippen LogP contribution in [0.2, 0.25) is 5.02 Å². The predicted octanol–water partition coefficient (Wildman–Crippen LogP) is 3.19. The third kappa shape index (κ3) is 2.12. The summed E-state index contributed by atoms with van der Waals surface area (Å²) in [7, 11) is 0. The number of rotatable bonds is 2. The van der Waals surface area contributed by atoms with Gasteiger partial charge in [0.2, 0.25) is 0 Å². The maximum Gasteiger partial charge on any atom is 0.181 e. The quantitative estimate of drug-likeness (QED) is 0.800. The number of carbonyl (C=O) groups is 1. The maximum absolute atomic E-state index is 11.3. The summed E-state index contributed by atoms with van der Waals surface area (Å²) in [6, 6.07) is 5.44. The van der Waals surface area contributed by atoms with Crippen molar-refractivity contribution >= 4 is 33.3 Å². The molecular formula is C11H9BrClN3O. The molecule has 0 spiro atoms. The number of ketones is 1. The van der Waals surface area contributed by atoms with Gasteiger partial charge in [-0.25, -0.2) is 4.68 Å². The minimum Gasteiger partial charge on any atom is -0.293 e. The molecule has 0 amide bonds. The summed E-state index contributed by atoms with van der Waals surface area (Å²) >= 11 is 9.40. The molecule has 0 unspecified atom stereocenters. The van der Waals surface area contributed by atoms with E-state index in [-0.39, 0.29) is 5.78 Å². The van der Waals surface area contributed by atoms with E-state index in [1.165, 1.54) is 6.92 Å². The van der Waals surface area contributed by atoms with Crippen molar-refractivity contribution < 1.29 is 4.79 Å². The number of Topliss-reactive ketones (excluding diaryl/α,β-unsaturated/α-hetero) is 1. The zero-order valence-electron chi connectivity index (χ0n) is 9.24. The van der Waals surface area contributed by atoms with Crippen molar-refractivity contribution in [2.75, 3.05) is 0 Å². The van der Waals surface area contributed by atoms with Gasteiger partial charge in [-0.1, -0.05) is 22.9 Å². The highest BCUT2D eigenvalue weighted by atomic mass is 79.9. The minimum atomic E-state index is -0.105. The molecule has 88 valence electrons. The Balaban J connectivity index is 2.62. The molecule has 2 aromatic rings. The smallest absolute Gasteiger partial charge is 0.181 e. The van der Waals surface area contributed by atoms with Crippen LogP contribution < -0.4 is 0 Å². The fourth-order valence-corrected chi connectivity index (χ4v) is 2.14. The van der Waals surface area contributed by atoms with Crippen LogP contribution in [0.4, 0.5) is 0 Å². The normalized spacial score (nSPS) is 10.6. The van der Waals surface area contributed by atoms with Crippen LogP contribution in [-0.2, 0) is 0 Å². The SMILES string of the molecule is CC(=O)c1nnn(-c2cccc(Cl)c2Br)c1C. The van der Waals surface area contributed by atoms with E-state index in [9.17, 15) is 4.79 Å². The second-order valence-electron chi connectivity index (χ2n) is 3.56. The third-order valence-electron chi connectivity index (χ3n) is 2.39. The van der Waals surface area contributed by atoms with E-state index < -0.39 is 0 Å². The molecule has 6 heteroatoms. The highest BCUT2D eigenvalue weighted by Crippen LogP contribution is 2.29. The summed E-state index contributed by atoms with van der Waals surface area (Å²) in [6.07, 6.45) is 0. The van der Waals surface area contributed by atoms with Crippen LogP contribution in [-0.4, -0.2) is 20.8 Å². The molecule has 1 aromatic heterocycles. The maximum atomic E-state index is 11.3. The van der Waals surface area contributed by atoms with Crippen LogP contribution in [0.25, 0.3) is 5.69 Å². The van der Waals surface area contributed by atoms with Crippen LogP contribution in [0, 0.1) is 6.92 Å². The Morgan fingerprint density at radius 3 is 2.76 bits per heavy atom. The van der Waals surface area contributed by atoms with Crippen molar-refractivity contribution in [2.45, 2.75) is 13.8 Å². The van der Waals surface area contributed by atoms with Crippen LogP contribution in [0.3, 0.4) is 0 Å². The summed E-state index contributed by atoms with van der Waals surface area (Å²) < 4.78 is 2.32. The molecule has 0 fully saturated rings. The zero-order chi connectivity index (χ0) is 12.6. The largest absolute Gasteiger partial charge is 0.293 e. The van der Waals surface area contributed by atoms with Crippen LogP contribution in [0.1, 0.15) is 23.1 Å². The lowest BCUT2D eigenvalue weighted by Gasteiger charge is -2.06. The highest BCUT2D eigenvalue weighted by Gasteiger charge is 2.15. The molecule has 0 saturated carbocycles. The molecule has 0 radical (unpaired) electrons. The topological polar surface area (TPSA) is 47.8 Å². The van der Waals surface area contributed by atoms with E-state index in [0.717, 1.165) is 10.2 Å². The summed E-state index contributed by atoms with van der Waals surface area (Å²) in [5.74, 6) is -0.105. The van der Waals surface area contributed by atoms with E-state index in [1.807, 2.05) is 12.1 Å². The molecule has 17 heavy (non-hydrogen) atoms. The van der Waals surface area contributed by atoms with E-state index in [0.29, 0.717) is 16.4 Å². The predicted molar refractivity (Wildman–Crippen MR) is 68.8 cm³/mol. The first kappa shape index (κ1) is 12.3. The lowest BCUT2D eigenvalue weighted by molar-refractivity contribution is 0.101. The van der Waals surface area contributed by atoms with Gasteiger partial charge in [-0.2, -0.15) is 0 Å². The van der Waals surface area contributed by atoms with Gasteiger partial charge in [0.15, 0.2) is 11.5 Å². The lowest BCUT2D eigenvalue weighted by atomic mass is 10.2. The highest BCUT2D eigenvalue weighted by molar-refractivity contribution is 9.10. The van der Waals surface area contributed by atoms with E-state index in [2.05, 4.69) is 26.2 Å². The Labute approximate surface area is 112 Å². The molecule has 4 nitrogen and oxygen atoms in total. The second-order valence-corrected chi connectivity index (χ2v) is 4.76. The lowest BCUT2D eigenvalue weighted by Crippen LogP contribution is -2.02. The Morgan fingerprint density at radius 2 is 2.18 bits per heavy atom. The van der Waals surface area contributed by atoms with Crippen molar-refractivity contribution in [3.63, 3.8) is 0 Å². The number of aromatic nitrogens is 3. The van der Waals surface area contributed by atoms with Gasteiger partial charge in [-0.3, -0.25) is 4.79 Å². The molecule has 1 heterocycles. The molecule has 0 saturated heterocycles. The van der Waals surface area contributed by atoms with Crippen LogP contribution >= 0.6 is 27.5 Å². The standard InChI is InChI=1S/C11H9BrClN3O/c1-6-11(7(2)17)14-15-16(6)9-5-3-4-8(13)10(9)12/h3-5H,1-2H3. The first-order valence-electron chi connectivity index (χ1n) is 4.90. The van der Waals surface area contributed by atoms with Crippen molar-refractivity contribution in [3.8, 4) is 5.69 Å². The molecule has 1 aromatic carbocycles. The van der Waals surface area contributed by atoms with E-state index in [4.69, 9.17) is 11.6 Å². The number of carbonyl (C=O) groups excluding carboxylic acids is 1. The molecule has 0 bridgehead atoms. The molecule has 0 aliphatic heterocycles. The molecule has 0 aliphatic carbocycles. The second kappa shape index (κ2) is 4.58. The number of benzene rings is 1. The van der Waals surface area contributed by atoms with Crippen molar-refractivity contribution in [3.05, 3.63) is 39.1 Å². The zero-order valence-corrected chi connectivity index (χ0v) is 11.6. The molecule has 2 rings (SSSR count). The summed E-state index contributed by atoms with van der Waals surface area (Å²) in [5.41, 5.74) is 1.83. The third-order valence-corrected chi connectivity index (χ3v) is 3.76. The van der Waals surface area contributed by atoms with Gasteiger partial charge < -0.3 is 0 Å². The van der Waals surface area contributed by atoms with E-state index >= 15 is 0 Å². The average molecular weight is 315 g/mol. The summed E-state index contributed by atoms with van der Waals surface area (Å²) in [6.45, 7) is 3.26. The van der Waals surface area contributed by atoms with Crippen molar-refractivity contribution in [1.82, 2.24) is 15.0 Å². The Kier molecular flexibility index (Phi) is 3.31. The van der Waals surface area contributed by atoms with Gasteiger partial charge in [-0.15, -0.1) is 5.10 Å². The molecular weight excluding hydrogens is 305 g/mol. The Morgan fingerprint density at radius 1 is 1.47 bits per heavy atom. The van der Waals surface area contributed by atoms with Gasteiger partial charge in [0.25, 0.3) is 0 Å². The molecule has 0 N–H and O–H groups in total. The van der Waals surface area contributed by atoms with Gasteiger partial charge in [0.05, 0.1) is 20.9 Å². The summed E-state index contributed by atoms with van der Waals surface area (Å²) in [4.78, 5) is 11.3. The number of hydrogen-bond donors (Lipinski definition) is 0. The van der Waals surface area contributed by atoms with Crippen molar-refractivity contribution in [1.29, 1.82) is 0 Å². The van der Waals surface area contributed by atoms with Gasteiger partial charge in [0, 0.05) is 6.92 Å². The van der Waals surface area contributed by atoms with Crippen LogP contribution in [0.15, 0.2) is 22.7 Å². The van der Waals surface area contributed by atoms with Gasteiger partial charge in [-0.05, 0) is 35.0 Å². The van der Waals surface area contributed by atoms with Gasteiger partial charge in [0.1, 0.15) is 0 Å². The Bertz CT molecular complexity index is 594. The first-order valence-corrected chi connectivity index (χ1v) is 6.07. The van der Waals surface area contributed by atoms with Crippen molar-refractivity contribution in [2.24, 2.45) is 0 Å². The average Bonchev–Trinajstić information content (AvgIpc) is 2.64. The minimum absolute atomic E-state index is 0.105. The molecule has 0 aliphatic rings. The first-order chi connectivity index (χ1) is 8.02. The fourth-order valence-electron chi connectivity index (χ4n) is 1.54. The summed E-state index contributed by atoms with van der Waals surface area (Å²) in [5, 5.41) is 8.41. The number of nitrogens with zero attached hydrogens (tertiary/aromatic N) is 3. The van der Waals surface area contributed by atoms with E-state index in [1.54, 1.807) is 17.7 Å². The molecule has 0 atom stereocenters. The van der Waals surface area contributed by atoms with Crippen LogP contribution in [0.5, 0.6) is 0 Å². The monoisotopic (exact) mass is 313 g/mol.